The zero-order valence-electron chi connectivity index (χ0n) is 21.5. The first-order valence-electron chi connectivity index (χ1n) is 13.0. The summed E-state index contributed by atoms with van der Waals surface area (Å²) in [5.74, 6) is -0.523. The number of hydrogen-bond donors (Lipinski definition) is 2. The molecule has 0 radical (unpaired) electrons. The lowest BCUT2D eigenvalue weighted by Crippen LogP contribution is -2.12. The molecule has 1 aliphatic heterocycles. The summed E-state index contributed by atoms with van der Waals surface area (Å²) in [6.45, 7) is 2.05. The Labute approximate surface area is 227 Å². The van der Waals surface area contributed by atoms with Gasteiger partial charge in [-0.15, -0.1) is 0 Å². The number of hydrogen-bond acceptors (Lipinski definition) is 6. The molecule has 5 aromatic rings. The summed E-state index contributed by atoms with van der Waals surface area (Å²) in [4.78, 5) is 31.2. The fourth-order valence-corrected chi connectivity index (χ4v) is 5.54. The second kappa shape index (κ2) is 9.04. The largest absolute Gasteiger partial charge is 0.488 e. The van der Waals surface area contributed by atoms with Crippen LogP contribution in [0.15, 0.2) is 64.0 Å². The second-order valence-electron chi connectivity index (χ2n) is 10.2. The van der Waals surface area contributed by atoms with Gasteiger partial charge in [0, 0.05) is 35.7 Å². The number of H-pyrrole nitrogens is 1. The van der Waals surface area contributed by atoms with E-state index in [-0.39, 0.29) is 12.4 Å². The van der Waals surface area contributed by atoms with Crippen molar-refractivity contribution in [1.29, 1.82) is 0 Å². The SMILES string of the molecule is CC(=C1c2ccc(Cc3c(C4CC4)nc4c(C(N)=O)cccn34)cc2COc2cc(F)ccc21)c1noc(=O)[nH]1. The van der Waals surface area contributed by atoms with Crippen LogP contribution in [-0.4, -0.2) is 25.4 Å². The molecule has 10 heteroatoms. The van der Waals surface area contributed by atoms with Crippen LogP contribution in [0, 0.1) is 5.82 Å². The van der Waals surface area contributed by atoms with E-state index in [1.807, 2.05) is 35.7 Å². The minimum absolute atomic E-state index is 0.222. The van der Waals surface area contributed by atoms with E-state index in [1.165, 1.54) is 12.1 Å². The van der Waals surface area contributed by atoms with E-state index in [4.69, 9.17) is 20.0 Å². The number of aromatic amines is 1. The molecule has 1 saturated carbocycles. The van der Waals surface area contributed by atoms with Crippen LogP contribution >= 0.6 is 0 Å². The molecular weight excluding hydrogens is 513 g/mol. The first kappa shape index (κ1) is 24.1. The van der Waals surface area contributed by atoms with E-state index in [2.05, 4.69) is 16.2 Å². The number of aromatic nitrogens is 4. The van der Waals surface area contributed by atoms with Crippen molar-refractivity contribution in [3.63, 3.8) is 0 Å². The first-order chi connectivity index (χ1) is 19.4. The number of carbonyl (C=O) groups excluding carboxylic acids is 1. The van der Waals surface area contributed by atoms with Gasteiger partial charge in [-0.05, 0) is 66.3 Å². The lowest BCUT2D eigenvalue weighted by atomic mass is 9.89. The highest BCUT2D eigenvalue weighted by molar-refractivity contribution is 5.99. The van der Waals surface area contributed by atoms with Gasteiger partial charge in [-0.25, -0.2) is 14.2 Å². The number of halogens is 1. The van der Waals surface area contributed by atoms with E-state index in [1.54, 1.807) is 12.1 Å². The molecule has 2 aromatic carbocycles. The monoisotopic (exact) mass is 537 g/mol. The topological polar surface area (TPSA) is 129 Å². The lowest BCUT2D eigenvalue weighted by molar-refractivity contribution is 0.100. The zero-order chi connectivity index (χ0) is 27.5. The molecule has 9 nitrogen and oxygen atoms in total. The quantitative estimate of drug-likeness (QED) is 0.338. The maximum absolute atomic E-state index is 14.2. The minimum Gasteiger partial charge on any atom is -0.488 e. The molecule has 4 heterocycles. The Morgan fingerprint density at radius 3 is 2.75 bits per heavy atom. The molecule has 3 N–H and O–H groups in total. The number of carbonyl (C=O) groups is 1. The molecule has 1 amide bonds. The molecule has 0 spiro atoms. The van der Waals surface area contributed by atoms with Gasteiger partial charge in [0.1, 0.15) is 23.8 Å². The highest BCUT2D eigenvalue weighted by atomic mass is 19.1. The number of nitrogens with one attached hydrogen (secondary N) is 1. The number of allylic oxidation sites excluding steroid dienone is 1. The summed E-state index contributed by atoms with van der Waals surface area (Å²) in [6.07, 6.45) is 4.62. The van der Waals surface area contributed by atoms with Crippen LogP contribution in [0.2, 0.25) is 0 Å². The Balaban J connectivity index is 1.36. The third-order valence-electron chi connectivity index (χ3n) is 7.59. The number of nitrogens with two attached hydrogens (primary N) is 1. The van der Waals surface area contributed by atoms with Crippen LogP contribution in [-0.2, 0) is 13.0 Å². The number of benzene rings is 2. The molecule has 0 saturated heterocycles. The highest BCUT2D eigenvalue weighted by Crippen LogP contribution is 2.43. The number of pyridine rings is 1. The smallest absolute Gasteiger partial charge is 0.439 e. The van der Waals surface area contributed by atoms with Gasteiger partial charge in [0.15, 0.2) is 5.82 Å². The van der Waals surface area contributed by atoms with Crippen molar-refractivity contribution in [2.45, 2.75) is 38.7 Å². The lowest BCUT2D eigenvalue weighted by Gasteiger charge is -2.14. The fraction of sp³-hybridized carbons (Fsp3) is 0.200. The van der Waals surface area contributed by atoms with E-state index in [0.717, 1.165) is 46.5 Å². The maximum Gasteiger partial charge on any atom is 0.439 e. The maximum atomic E-state index is 14.2. The average Bonchev–Trinajstić information content (AvgIpc) is 3.63. The zero-order valence-corrected chi connectivity index (χ0v) is 21.5. The number of primary amides is 1. The van der Waals surface area contributed by atoms with Gasteiger partial charge in [-0.2, -0.15) is 0 Å². The third-order valence-corrected chi connectivity index (χ3v) is 7.59. The molecule has 0 bridgehead atoms. The van der Waals surface area contributed by atoms with Gasteiger partial charge in [0.25, 0.3) is 5.91 Å². The molecule has 1 aliphatic carbocycles. The number of amides is 1. The van der Waals surface area contributed by atoms with Crippen LogP contribution in [0.3, 0.4) is 0 Å². The van der Waals surface area contributed by atoms with E-state index in [0.29, 0.717) is 40.4 Å². The molecule has 7 rings (SSSR count). The summed E-state index contributed by atoms with van der Waals surface area (Å²) in [6, 6.07) is 14.0. The Morgan fingerprint density at radius 2 is 2.00 bits per heavy atom. The summed E-state index contributed by atoms with van der Waals surface area (Å²) in [5.41, 5.74) is 13.5. The predicted molar refractivity (Wildman–Crippen MR) is 144 cm³/mol. The van der Waals surface area contributed by atoms with Crippen LogP contribution in [0.25, 0.3) is 16.8 Å². The molecule has 0 atom stereocenters. The average molecular weight is 538 g/mol. The Hall–Kier alpha value is -4.99. The van der Waals surface area contributed by atoms with Crippen molar-refractivity contribution >= 4 is 22.7 Å². The van der Waals surface area contributed by atoms with Crippen LogP contribution < -0.4 is 16.2 Å². The summed E-state index contributed by atoms with van der Waals surface area (Å²) < 4.78 is 27.0. The molecule has 0 unspecified atom stereocenters. The standard InChI is InChI=1S/C30H24FN5O4/c1-15(28-34-30(38)40-35-28)25-20-8-4-16(11-18(20)14-39-24-13-19(31)7-9-21(24)25)12-23-26(17-5-6-17)33-29-22(27(32)37)3-2-10-36(23)29/h2-4,7-11,13,17H,5-6,12,14H2,1H3,(H2,32,37)(H,34,35,38). The minimum atomic E-state index is -0.659. The Morgan fingerprint density at radius 1 is 1.18 bits per heavy atom. The number of rotatable bonds is 5. The van der Waals surface area contributed by atoms with Gasteiger partial charge < -0.3 is 14.9 Å². The Bertz CT molecular complexity index is 1930. The molecule has 3 aromatic heterocycles. The number of imidazole rings is 1. The molecule has 1 fully saturated rings. The molecule has 2 aliphatic rings. The van der Waals surface area contributed by atoms with Crippen molar-refractivity contribution in [3.05, 3.63) is 116 Å². The molecule has 200 valence electrons. The Kier molecular flexibility index (Phi) is 5.44. The summed E-state index contributed by atoms with van der Waals surface area (Å²) in [7, 11) is 0. The second-order valence-corrected chi connectivity index (χ2v) is 10.2. The normalized spacial score (nSPS) is 15.8. The fourth-order valence-electron chi connectivity index (χ4n) is 5.54. The van der Waals surface area contributed by atoms with Crippen LogP contribution in [0.1, 0.15) is 75.5 Å². The van der Waals surface area contributed by atoms with Crippen molar-refractivity contribution in [3.8, 4) is 5.75 Å². The number of nitrogens with zero attached hydrogens (tertiary/aromatic N) is 3. The van der Waals surface area contributed by atoms with Crippen molar-refractivity contribution in [1.82, 2.24) is 19.5 Å². The van der Waals surface area contributed by atoms with Gasteiger partial charge >= 0.3 is 5.76 Å². The van der Waals surface area contributed by atoms with Gasteiger partial charge in [-0.1, -0.05) is 23.4 Å². The van der Waals surface area contributed by atoms with Gasteiger partial charge in [-0.3, -0.25) is 14.3 Å². The first-order valence-corrected chi connectivity index (χ1v) is 13.0. The number of ether oxygens (including phenoxy) is 1. The van der Waals surface area contributed by atoms with Crippen LogP contribution in [0.5, 0.6) is 5.75 Å². The predicted octanol–water partition coefficient (Wildman–Crippen LogP) is 4.59. The molecular formula is C30H24FN5O4. The van der Waals surface area contributed by atoms with Crippen LogP contribution in [0.4, 0.5) is 4.39 Å². The van der Waals surface area contributed by atoms with Gasteiger partial charge in [0.05, 0.1) is 17.0 Å². The summed E-state index contributed by atoms with van der Waals surface area (Å²) >= 11 is 0. The van der Waals surface area contributed by atoms with Gasteiger partial charge in [0.2, 0.25) is 0 Å². The van der Waals surface area contributed by atoms with E-state index in [9.17, 15) is 14.0 Å². The van der Waals surface area contributed by atoms with E-state index < -0.39 is 17.5 Å². The highest BCUT2D eigenvalue weighted by Gasteiger charge is 2.31. The van der Waals surface area contributed by atoms with E-state index >= 15 is 0 Å². The number of fused-ring (bicyclic) bond motifs is 3. The van der Waals surface area contributed by atoms with Crippen molar-refractivity contribution in [2.24, 2.45) is 5.73 Å². The van der Waals surface area contributed by atoms with Crippen molar-refractivity contribution < 1.29 is 18.4 Å². The molecule has 40 heavy (non-hydrogen) atoms. The summed E-state index contributed by atoms with van der Waals surface area (Å²) in [5, 5.41) is 3.87. The van der Waals surface area contributed by atoms with Crippen molar-refractivity contribution in [2.75, 3.05) is 0 Å². The third kappa shape index (κ3) is 4.00.